The van der Waals surface area contributed by atoms with Crippen LogP contribution >= 0.6 is 0 Å². The van der Waals surface area contributed by atoms with Gasteiger partial charge in [0.2, 0.25) is 5.91 Å². The molecule has 118 valence electrons. The Morgan fingerprint density at radius 2 is 1.81 bits per heavy atom. The maximum Gasteiger partial charge on any atom is 0.239 e. The first-order valence-electron chi connectivity index (χ1n) is 7.81. The molecule has 1 aromatic heterocycles. The Labute approximate surface area is 129 Å². The molecule has 1 N–H and O–H groups in total. The van der Waals surface area contributed by atoms with Crippen LogP contribution in [0.25, 0.3) is 0 Å². The number of aromatic nitrogens is 1. The van der Waals surface area contributed by atoms with E-state index >= 15 is 0 Å². The number of nitrogens with zero attached hydrogens (tertiary/aromatic N) is 2. The number of hydrogen-bond acceptors (Lipinski definition) is 3. The standard InChI is InChI=1S/C17H29N3O/c1-8-20(9-2)17(21)15(7)19-14(6)16-11(3)10-12(4)18-13(16)5/h10,14-15,19H,8-9H2,1-7H3. The summed E-state index contributed by atoms with van der Waals surface area (Å²) < 4.78 is 0. The lowest BCUT2D eigenvalue weighted by Gasteiger charge is -2.27. The average molecular weight is 291 g/mol. The number of rotatable bonds is 6. The van der Waals surface area contributed by atoms with Crippen molar-refractivity contribution in [3.8, 4) is 0 Å². The molecule has 0 aliphatic carbocycles. The van der Waals surface area contributed by atoms with E-state index in [4.69, 9.17) is 0 Å². The third-order valence-corrected chi connectivity index (χ3v) is 3.96. The van der Waals surface area contributed by atoms with Crippen LogP contribution in [0.15, 0.2) is 6.07 Å². The minimum atomic E-state index is -0.194. The summed E-state index contributed by atoms with van der Waals surface area (Å²) in [6, 6.07) is 2.00. The second-order valence-corrected chi connectivity index (χ2v) is 5.70. The smallest absolute Gasteiger partial charge is 0.239 e. The van der Waals surface area contributed by atoms with Crippen molar-refractivity contribution in [2.24, 2.45) is 0 Å². The van der Waals surface area contributed by atoms with Gasteiger partial charge >= 0.3 is 0 Å². The van der Waals surface area contributed by atoms with Gasteiger partial charge in [0.1, 0.15) is 0 Å². The van der Waals surface area contributed by atoms with Crippen molar-refractivity contribution in [3.05, 3.63) is 28.6 Å². The lowest BCUT2D eigenvalue weighted by atomic mass is 9.99. The average Bonchev–Trinajstić information content (AvgIpc) is 2.38. The Morgan fingerprint density at radius 1 is 1.24 bits per heavy atom. The topological polar surface area (TPSA) is 45.2 Å². The molecule has 21 heavy (non-hydrogen) atoms. The molecule has 0 aliphatic heterocycles. The van der Waals surface area contributed by atoms with Crippen LogP contribution in [-0.4, -0.2) is 34.9 Å². The minimum absolute atomic E-state index is 0.104. The molecule has 2 atom stereocenters. The molecule has 4 heteroatoms. The third-order valence-electron chi connectivity index (χ3n) is 3.96. The Morgan fingerprint density at radius 3 is 2.29 bits per heavy atom. The number of likely N-dealkylation sites (N-methyl/N-ethyl adjacent to an activating group) is 1. The minimum Gasteiger partial charge on any atom is -0.342 e. The van der Waals surface area contributed by atoms with E-state index in [1.165, 1.54) is 11.1 Å². The normalized spacial score (nSPS) is 13.9. The van der Waals surface area contributed by atoms with Crippen LogP contribution in [0.2, 0.25) is 0 Å². The summed E-state index contributed by atoms with van der Waals surface area (Å²) in [5, 5.41) is 3.41. The van der Waals surface area contributed by atoms with Crippen LogP contribution in [0.4, 0.5) is 0 Å². The molecule has 1 aromatic rings. The Balaban J connectivity index is 2.86. The SMILES string of the molecule is CCN(CC)C(=O)C(C)NC(C)c1c(C)cc(C)nc1C. The van der Waals surface area contributed by atoms with Crippen molar-refractivity contribution in [2.75, 3.05) is 13.1 Å². The van der Waals surface area contributed by atoms with Gasteiger partial charge < -0.3 is 4.90 Å². The van der Waals surface area contributed by atoms with Crippen LogP contribution in [0.1, 0.15) is 56.3 Å². The van der Waals surface area contributed by atoms with Crippen molar-refractivity contribution in [1.29, 1.82) is 0 Å². The predicted molar refractivity (Wildman–Crippen MR) is 87.4 cm³/mol. The molecule has 0 spiro atoms. The highest BCUT2D eigenvalue weighted by Crippen LogP contribution is 2.21. The van der Waals surface area contributed by atoms with E-state index in [0.29, 0.717) is 0 Å². The molecular formula is C17H29N3O. The Hall–Kier alpha value is -1.42. The van der Waals surface area contributed by atoms with Gasteiger partial charge in [-0.25, -0.2) is 0 Å². The van der Waals surface area contributed by atoms with Crippen LogP contribution in [-0.2, 0) is 4.79 Å². The van der Waals surface area contributed by atoms with Crippen molar-refractivity contribution in [2.45, 2.75) is 60.5 Å². The molecule has 1 rings (SSSR count). The Kier molecular flexibility index (Phi) is 6.34. The predicted octanol–water partition coefficient (Wildman–Crippen LogP) is 2.91. The number of pyridine rings is 1. The van der Waals surface area contributed by atoms with Crippen LogP contribution < -0.4 is 5.32 Å². The summed E-state index contributed by atoms with van der Waals surface area (Å²) in [5.74, 6) is 0.155. The highest BCUT2D eigenvalue weighted by atomic mass is 16.2. The molecule has 0 saturated heterocycles. The van der Waals surface area contributed by atoms with Gasteiger partial charge in [0.15, 0.2) is 0 Å². The summed E-state index contributed by atoms with van der Waals surface area (Å²) in [6.07, 6.45) is 0. The van der Waals surface area contributed by atoms with Gasteiger partial charge in [0.25, 0.3) is 0 Å². The zero-order valence-electron chi connectivity index (χ0n) is 14.4. The molecule has 0 radical (unpaired) electrons. The van der Waals surface area contributed by atoms with Gasteiger partial charge in [-0.2, -0.15) is 0 Å². The van der Waals surface area contributed by atoms with E-state index < -0.39 is 0 Å². The first-order chi connectivity index (χ1) is 9.81. The third kappa shape index (κ3) is 4.27. The number of amides is 1. The molecule has 2 unspecified atom stereocenters. The van der Waals surface area contributed by atoms with E-state index in [1.54, 1.807) is 0 Å². The zero-order chi connectivity index (χ0) is 16.2. The van der Waals surface area contributed by atoms with Crippen molar-refractivity contribution >= 4 is 5.91 Å². The highest BCUT2D eigenvalue weighted by molar-refractivity contribution is 5.81. The first-order valence-corrected chi connectivity index (χ1v) is 7.81. The van der Waals surface area contributed by atoms with Crippen molar-refractivity contribution in [1.82, 2.24) is 15.2 Å². The summed E-state index contributed by atoms with van der Waals surface area (Å²) in [4.78, 5) is 18.7. The van der Waals surface area contributed by atoms with Gasteiger partial charge in [-0.1, -0.05) is 0 Å². The summed E-state index contributed by atoms with van der Waals surface area (Å²) in [6.45, 7) is 15.7. The van der Waals surface area contributed by atoms with Crippen LogP contribution in [0.5, 0.6) is 0 Å². The maximum atomic E-state index is 12.3. The van der Waals surface area contributed by atoms with Crippen molar-refractivity contribution < 1.29 is 4.79 Å². The lowest BCUT2D eigenvalue weighted by molar-refractivity contribution is -0.132. The molecule has 0 aromatic carbocycles. The van der Waals surface area contributed by atoms with E-state index in [9.17, 15) is 4.79 Å². The molecule has 0 aliphatic rings. The quantitative estimate of drug-likeness (QED) is 0.876. The second kappa shape index (κ2) is 7.55. The summed E-state index contributed by atoms with van der Waals surface area (Å²) >= 11 is 0. The van der Waals surface area contributed by atoms with Gasteiger partial charge in [-0.15, -0.1) is 0 Å². The number of carbonyl (C=O) groups is 1. The van der Waals surface area contributed by atoms with Gasteiger partial charge in [0, 0.05) is 30.5 Å². The number of aryl methyl sites for hydroxylation is 3. The molecule has 0 bridgehead atoms. The fraction of sp³-hybridized carbons (Fsp3) is 0.647. The second-order valence-electron chi connectivity index (χ2n) is 5.70. The summed E-state index contributed by atoms with van der Waals surface area (Å²) in [7, 11) is 0. The fourth-order valence-corrected chi connectivity index (χ4v) is 3.03. The summed E-state index contributed by atoms with van der Waals surface area (Å²) in [5.41, 5.74) is 4.49. The molecule has 4 nitrogen and oxygen atoms in total. The highest BCUT2D eigenvalue weighted by Gasteiger charge is 2.22. The van der Waals surface area contributed by atoms with E-state index in [1.807, 2.05) is 39.5 Å². The van der Waals surface area contributed by atoms with Crippen molar-refractivity contribution in [3.63, 3.8) is 0 Å². The maximum absolute atomic E-state index is 12.3. The first kappa shape index (κ1) is 17.6. The van der Waals surface area contributed by atoms with Gasteiger partial charge in [-0.3, -0.25) is 15.1 Å². The van der Waals surface area contributed by atoms with E-state index in [-0.39, 0.29) is 18.0 Å². The molecule has 0 fully saturated rings. The molecular weight excluding hydrogens is 262 g/mol. The lowest BCUT2D eigenvalue weighted by Crippen LogP contribution is -2.45. The number of hydrogen-bond donors (Lipinski definition) is 1. The Bertz CT molecular complexity index is 472. The number of carbonyl (C=O) groups excluding carboxylic acids is 1. The van der Waals surface area contributed by atoms with Gasteiger partial charge in [0.05, 0.1) is 6.04 Å². The van der Waals surface area contributed by atoms with E-state index in [2.05, 4.69) is 30.2 Å². The van der Waals surface area contributed by atoms with Gasteiger partial charge in [-0.05, 0) is 65.7 Å². The molecule has 1 amide bonds. The largest absolute Gasteiger partial charge is 0.342 e. The number of nitrogens with one attached hydrogen (secondary N) is 1. The molecule has 1 heterocycles. The van der Waals surface area contributed by atoms with E-state index in [0.717, 1.165) is 24.5 Å². The van der Waals surface area contributed by atoms with Crippen LogP contribution in [0.3, 0.4) is 0 Å². The van der Waals surface area contributed by atoms with Crippen LogP contribution in [0, 0.1) is 20.8 Å². The monoisotopic (exact) mass is 291 g/mol. The fourth-order valence-electron chi connectivity index (χ4n) is 3.03. The zero-order valence-corrected chi connectivity index (χ0v) is 14.4. The molecule has 0 saturated carbocycles.